The third-order valence-electron chi connectivity index (χ3n) is 6.98. The molecule has 0 saturated carbocycles. The zero-order valence-corrected chi connectivity index (χ0v) is 26.0. The molecule has 0 aliphatic carbocycles. The van der Waals surface area contributed by atoms with E-state index in [0.717, 1.165) is 12.1 Å². The number of nitrogens with two attached hydrogens (primary N) is 2. The van der Waals surface area contributed by atoms with Gasteiger partial charge in [-0.3, -0.25) is 0 Å². The molecule has 0 radical (unpaired) electrons. The number of benzene rings is 4. The number of rotatable bonds is 10. The third-order valence-corrected chi connectivity index (χ3v) is 6.98. The Morgan fingerprint density at radius 3 is 1.02 bits per heavy atom. The average Bonchev–Trinajstić information content (AvgIpc) is 3.00. The molecule has 0 aromatic heterocycles. The maximum Gasteiger partial charge on any atom is 0.126 e. The molecule has 0 bridgehead atoms. The van der Waals surface area contributed by atoms with E-state index in [1.165, 1.54) is 35.4 Å². The van der Waals surface area contributed by atoms with Crippen LogP contribution in [-0.2, 0) is 9.59 Å². The molecule has 0 amide bonds. The topological polar surface area (TPSA) is 113 Å². The van der Waals surface area contributed by atoms with E-state index in [2.05, 4.69) is 48.7 Å². The van der Waals surface area contributed by atoms with Crippen molar-refractivity contribution in [1.29, 1.82) is 0 Å². The summed E-state index contributed by atoms with van der Waals surface area (Å²) in [5.41, 5.74) is 3.73. The predicted molar refractivity (Wildman–Crippen MR) is 162 cm³/mol. The van der Waals surface area contributed by atoms with Crippen LogP contribution in [0.4, 0.5) is 17.6 Å². The number of hydrogen-bond acceptors (Lipinski definition) is 4. The lowest BCUT2D eigenvalue weighted by atomic mass is 10.0. The van der Waals surface area contributed by atoms with Gasteiger partial charge in [-0.1, -0.05) is 60.7 Å². The van der Waals surface area contributed by atoms with Crippen molar-refractivity contribution >= 4 is 11.9 Å². The van der Waals surface area contributed by atoms with Crippen LogP contribution in [0.5, 0.6) is 0 Å². The van der Waals surface area contributed by atoms with E-state index in [0.29, 0.717) is 23.3 Å². The first-order valence-corrected chi connectivity index (χ1v) is 14.6. The zero-order valence-electron chi connectivity index (χ0n) is 26.0. The first kappa shape index (κ1) is 37.4. The van der Waals surface area contributed by atoms with E-state index in [-0.39, 0.29) is 24.2 Å². The first-order chi connectivity index (χ1) is 21.7. The Kier molecular flexibility index (Phi) is 15.3. The van der Waals surface area contributed by atoms with Crippen LogP contribution in [0.1, 0.15) is 74.1 Å². The van der Waals surface area contributed by atoms with Crippen molar-refractivity contribution < 1.29 is 48.0 Å². The maximum atomic E-state index is 13.2. The summed E-state index contributed by atoms with van der Waals surface area (Å²) in [5.74, 6) is -5.20. The summed E-state index contributed by atoms with van der Waals surface area (Å²) < 4.78 is 52.8. The molecule has 0 saturated heterocycles. The highest BCUT2D eigenvalue weighted by molar-refractivity contribution is 5.87. The second-order valence-electron chi connectivity index (χ2n) is 10.7. The van der Waals surface area contributed by atoms with Crippen LogP contribution in [0.3, 0.4) is 0 Å². The van der Waals surface area contributed by atoms with Gasteiger partial charge < -0.3 is 30.4 Å². The molecule has 46 heavy (non-hydrogen) atoms. The molecule has 0 spiro atoms. The summed E-state index contributed by atoms with van der Waals surface area (Å²) in [6.07, 6.45) is 0.769. The molecule has 0 fully saturated rings. The summed E-state index contributed by atoms with van der Waals surface area (Å²) in [6, 6.07) is 28.0. The number of aliphatic carboxylic acids is 2. The van der Waals surface area contributed by atoms with E-state index in [4.69, 9.17) is 0 Å². The molecule has 244 valence electrons. The highest BCUT2D eigenvalue weighted by atomic mass is 19.1. The molecular formula is C36H38F4N2O4. The van der Waals surface area contributed by atoms with Gasteiger partial charge in [0.1, 0.15) is 47.4 Å². The largest absolute Gasteiger partial charge is 0.545 e. The number of carboxylic acids is 2. The van der Waals surface area contributed by atoms with Crippen molar-refractivity contribution in [1.82, 2.24) is 0 Å². The van der Waals surface area contributed by atoms with E-state index in [1.54, 1.807) is 0 Å². The summed E-state index contributed by atoms with van der Waals surface area (Å²) in [6.45, 7) is 8.07. The fraction of sp³-hybridized carbons (Fsp3) is 0.222. The monoisotopic (exact) mass is 638 g/mol. The van der Waals surface area contributed by atoms with Crippen LogP contribution in [0.2, 0.25) is 0 Å². The van der Waals surface area contributed by atoms with Crippen molar-refractivity contribution in [2.45, 2.75) is 51.9 Å². The fourth-order valence-corrected chi connectivity index (χ4v) is 4.64. The van der Waals surface area contributed by atoms with E-state index < -0.39 is 35.2 Å². The Bertz CT molecular complexity index is 1410. The lowest BCUT2D eigenvalue weighted by molar-refractivity contribution is -0.728. The Labute approximate surface area is 266 Å². The summed E-state index contributed by atoms with van der Waals surface area (Å²) in [7, 11) is 0. The third kappa shape index (κ3) is 13.9. The summed E-state index contributed by atoms with van der Waals surface area (Å²) in [4.78, 5) is 18.8. The maximum absolute atomic E-state index is 13.2. The molecule has 4 rings (SSSR count). The SMILES string of the molecule is C[C@H]([NH2+][C@H](C)c1cc(F)cc(F)c1)c1ccccc1.C[C@H]([NH2+][C@H](C)c1cc(F)cc(F)c1)c1ccccc1.O=C([O-])/C=C/C(=O)[O-]. The van der Waals surface area contributed by atoms with Crippen molar-refractivity contribution in [3.05, 3.63) is 155 Å². The molecular weight excluding hydrogens is 600 g/mol. The molecule has 0 unspecified atom stereocenters. The number of carbonyl (C=O) groups excluding carboxylic acids is 2. The van der Waals surface area contributed by atoms with E-state index >= 15 is 0 Å². The van der Waals surface area contributed by atoms with Crippen molar-refractivity contribution in [3.8, 4) is 0 Å². The Morgan fingerprint density at radius 2 is 0.761 bits per heavy atom. The lowest BCUT2D eigenvalue weighted by Crippen LogP contribution is -2.85. The second-order valence-corrected chi connectivity index (χ2v) is 10.7. The minimum absolute atomic E-state index is 0.000376. The Morgan fingerprint density at radius 1 is 0.500 bits per heavy atom. The standard InChI is InChI=1S/2C16H17F2N.C4H4O4/c2*1-11(13-6-4-3-5-7-13)19-12(2)14-8-15(17)10-16(18)9-14;5-3(6)1-2-4(7)8/h2*3-12,19H,1-2H3;1-2H,(H,5,6)(H,7,8)/b;;2-1+/t2*11-,12+;/m00./s1. The van der Waals surface area contributed by atoms with Gasteiger partial charge in [-0.15, -0.1) is 0 Å². The summed E-state index contributed by atoms with van der Waals surface area (Å²) >= 11 is 0. The van der Waals surface area contributed by atoms with Gasteiger partial charge in [-0.05, 0) is 64.1 Å². The van der Waals surface area contributed by atoms with E-state index in [1.807, 2.05) is 50.2 Å². The normalized spacial score (nSPS) is 13.3. The zero-order chi connectivity index (χ0) is 34.2. The first-order valence-electron chi connectivity index (χ1n) is 14.6. The minimum atomic E-state index is -1.55. The van der Waals surface area contributed by atoms with Crippen LogP contribution >= 0.6 is 0 Å². The molecule has 4 aromatic rings. The quantitative estimate of drug-likeness (QED) is 0.204. The molecule has 4 aromatic carbocycles. The van der Waals surface area contributed by atoms with Gasteiger partial charge in [0.2, 0.25) is 0 Å². The van der Waals surface area contributed by atoms with Crippen LogP contribution in [0.25, 0.3) is 0 Å². The average molecular weight is 639 g/mol. The van der Waals surface area contributed by atoms with Gasteiger partial charge in [0, 0.05) is 34.4 Å². The van der Waals surface area contributed by atoms with Crippen LogP contribution in [0, 0.1) is 23.3 Å². The molecule has 4 N–H and O–H groups in total. The van der Waals surface area contributed by atoms with Gasteiger partial charge in [0.15, 0.2) is 0 Å². The van der Waals surface area contributed by atoms with Crippen molar-refractivity contribution in [2.24, 2.45) is 0 Å². The molecule has 0 aliphatic heterocycles. The van der Waals surface area contributed by atoms with Crippen molar-refractivity contribution in [2.75, 3.05) is 0 Å². The highest BCUT2D eigenvalue weighted by Crippen LogP contribution is 2.17. The predicted octanol–water partition coefficient (Wildman–Crippen LogP) is 3.74. The number of carboxylic acid groups (broad SMARTS) is 2. The van der Waals surface area contributed by atoms with Crippen LogP contribution < -0.4 is 20.8 Å². The van der Waals surface area contributed by atoms with Gasteiger partial charge >= 0.3 is 0 Å². The van der Waals surface area contributed by atoms with Gasteiger partial charge in [-0.2, -0.15) is 0 Å². The van der Waals surface area contributed by atoms with Crippen molar-refractivity contribution in [3.63, 3.8) is 0 Å². The number of halogens is 4. The smallest absolute Gasteiger partial charge is 0.126 e. The number of hydrogen-bond donors (Lipinski definition) is 2. The molecule has 10 heteroatoms. The van der Waals surface area contributed by atoms with Gasteiger partial charge in [-0.25, -0.2) is 17.6 Å². The van der Waals surface area contributed by atoms with Crippen LogP contribution in [-0.4, -0.2) is 11.9 Å². The molecule has 0 aliphatic rings. The minimum Gasteiger partial charge on any atom is -0.545 e. The van der Waals surface area contributed by atoms with Crippen LogP contribution in [0.15, 0.2) is 109 Å². The highest BCUT2D eigenvalue weighted by Gasteiger charge is 2.17. The number of quaternary nitrogens is 2. The second kappa shape index (κ2) is 18.9. The molecule has 0 heterocycles. The van der Waals surface area contributed by atoms with E-state index in [9.17, 15) is 37.4 Å². The molecule has 4 atom stereocenters. The molecule has 6 nitrogen and oxygen atoms in total. The summed E-state index contributed by atoms with van der Waals surface area (Å²) in [5, 5.41) is 23.0. The Hall–Kier alpha value is -4.80. The number of carbonyl (C=O) groups is 2. The fourth-order valence-electron chi connectivity index (χ4n) is 4.64. The van der Waals surface area contributed by atoms with Gasteiger partial charge in [0.05, 0.1) is 11.9 Å². The Balaban J connectivity index is 0.000000261. The lowest BCUT2D eigenvalue weighted by Gasteiger charge is -2.17. The van der Waals surface area contributed by atoms with Gasteiger partial charge in [0.25, 0.3) is 0 Å².